The lowest BCUT2D eigenvalue weighted by Gasteiger charge is -2.24. The van der Waals surface area contributed by atoms with Crippen LogP contribution in [0.5, 0.6) is 11.5 Å². The zero-order valence-electron chi connectivity index (χ0n) is 17.4. The predicted octanol–water partition coefficient (Wildman–Crippen LogP) is 4.28. The number of carbonyl (C=O) groups excluding carboxylic acids is 1. The van der Waals surface area contributed by atoms with E-state index in [1.54, 1.807) is 29.6 Å². The van der Waals surface area contributed by atoms with Crippen LogP contribution >= 0.6 is 0 Å². The minimum atomic E-state index is -0.398. The third-order valence-electron chi connectivity index (χ3n) is 5.30. The molecule has 8 heteroatoms. The third-order valence-corrected chi connectivity index (χ3v) is 5.30. The SMILES string of the molecule is O=C(c1ccc(O)cc1O)N(Cc1cccnc1)c1ccc(-c2cc3cncnc3[nH]2)cc1. The fraction of sp³-hybridized carbons (Fsp3) is 0.0400. The van der Waals surface area contributed by atoms with Gasteiger partial charge in [-0.15, -0.1) is 0 Å². The molecule has 3 aromatic heterocycles. The summed E-state index contributed by atoms with van der Waals surface area (Å²) in [4.78, 5) is 30.6. The number of nitrogens with zero attached hydrogens (tertiary/aromatic N) is 4. The molecule has 2 aromatic carbocycles. The number of amides is 1. The predicted molar refractivity (Wildman–Crippen MR) is 124 cm³/mol. The number of aromatic hydroxyl groups is 2. The molecule has 3 N–H and O–H groups in total. The third kappa shape index (κ3) is 4.09. The van der Waals surface area contributed by atoms with Crippen LogP contribution in [0, 0.1) is 0 Å². The number of fused-ring (bicyclic) bond motifs is 1. The number of anilines is 1. The molecule has 0 aliphatic heterocycles. The number of carbonyl (C=O) groups is 1. The van der Waals surface area contributed by atoms with Crippen LogP contribution in [0.15, 0.2) is 85.6 Å². The van der Waals surface area contributed by atoms with Crippen molar-refractivity contribution in [1.29, 1.82) is 0 Å². The van der Waals surface area contributed by atoms with Gasteiger partial charge < -0.3 is 20.1 Å². The molecule has 162 valence electrons. The largest absolute Gasteiger partial charge is 0.508 e. The molecule has 0 bridgehead atoms. The molecule has 0 atom stereocenters. The Balaban J connectivity index is 1.50. The van der Waals surface area contributed by atoms with Crippen LogP contribution in [0.4, 0.5) is 5.69 Å². The first kappa shape index (κ1) is 20.2. The van der Waals surface area contributed by atoms with Gasteiger partial charge in [0.05, 0.1) is 12.1 Å². The van der Waals surface area contributed by atoms with Gasteiger partial charge in [0, 0.05) is 41.4 Å². The van der Waals surface area contributed by atoms with Gasteiger partial charge in [0.15, 0.2) is 0 Å². The van der Waals surface area contributed by atoms with Crippen molar-refractivity contribution in [2.75, 3.05) is 4.90 Å². The summed E-state index contributed by atoms with van der Waals surface area (Å²) in [6.45, 7) is 0.258. The van der Waals surface area contributed by atoms with Crippen molar-refractivity contribution in [2.24, 2.45) is 0 Å². The van der Waals surface area contributed by atoms with Gasteiger partial charge in [-0.1, -0.05) is 18.2 Å². The number of nitrogens with one attached hydrogen (secondary N) is 1. The summed E-state index contributed by atoms with van der Waals surface area (Å²) < 4.78 is 0. The topological polar surface area (TPSA) is 115 Å². The molecule has 0 aliphatic rings. The molecule has 5 rings (SSSR count). The number of hydrogen-bond acceptors (Lipinski definition) is 6. The Morgan fingerprint density at radius 2 is 1.82 bits per heavy atom. The Morgan fingerprint density at radius 3 is 2.55 bits per heavy atom. The van der Waals surface area contributed by atoms with Crippen molar-refractivity contribution < 1.29 is 15.0 Å². The number of aromatic nitrogens is 4. The molecular weight excluding hydrogens is 418 g/mol. The number of phenolic OH excluding ortho intramolecular Hbond substituents is 2. The minimum absolute atomic E-state index is 0.0926. The first-order valence-corrected chi connectivity index (χ1v) is 10.2. The molecule has 0 radical (unpaired) electrons. The fourth-order valence-electron chi connectivity index (χ4n) is 3.65. The number of phenols is 2. The number of pyridine rings is 1. The number of benzene rings is 2. The first-order chi connectivity index (χ1) is 16.1. The summed E-state index contributed by atoms with van der Waals surface area (Å²) in [5.74, 6) is -0.799. The Bertz CT molecular complexity index is 1400. The standard InChI is InChI=1S/C25H19N5O3/c31-20-7-8-21(23(32)11-20)25(33)30(14-16-2-1-9-26-12-16)19-5-3-17(4-6-19)22-10-18-13-27-15-28-24(18)29-22/h1-13,15,31-32H,14H2,(H,27,28,29). The quantitative estimate of drug-likeness (QED) is 0.378. The van der Waals surface area contributed by atoms with Gasteiger partial charge >= 0.3 is 0 Å². The van der Waals surface area contributed by atoms with Crippen molar-refractivity contribution >= 4 is 22.6 Å². The number of aromatic amines is 1. The second kappa shape index (κ2) is 8.43. The van der Waals surface area contributed by atoms with Gasteiger partial charge in [-0.2, -0.15) is 0 Å². The molecule has 3 heterocycles. The highest BCUT2D eigenvalue weighted by atomic mass is 16.3. The first-order valence-electron chi connectivity index (χ1n) is 10.2. The van der Waals surface area contributed by atoms with Crippen LogP contribution in [0.25, 0.3) is 22.3 Å². The van der Waals surface area contributed by atoms with Crippen LogP contribution in [0.3, 0.4) is 0 Å². The van der Waals surface area contributed by atoms with Crippen LogP contribution in [0.2, 0.25) is 0 Å². The van der Waals surface area contributed by atoms with Crippen molar-refractivity contribution in [1.82, 2.24) is 19.9 Å². The van der Waals surface area contributed by atoms with Gasteiger partial charge in [0.25, 0.3) is 5.91 Å². The maximum Gasteiger partial charge on any atom is 0.262 e. The maximum atomic E-state index is 13.4. The summed E-state index contributed by atoms with van der Waals surface area (Å²) in [7, 11) is 0. The van der Waals surface area contributed by atoms with E-state index in [1.807, 2.05) is 36.4 Å². The summed E-state index contributed by atoms with van der Waals surface area (Å²) in [6.07, 6.45) is 6.60. The summed E-state index contributed by atoms with van der Waals surface area (Å²) in [5, 5.41) is 20.8. The molecule has 0 fully saturated rings. The van der Waals surface area contributed by atoms with E-state index in [9.17, 15) is 15.0 Å². The van der Waals surface area contributed by atoms with Gasteiger partial charge in [-0.3, -0.25) is 9.78 Å². The molecule has 0 spiro atoms. The molecule has 33 heavy (non-hydrogen) atoms. The summed E-state index contributed by atoms with van der Waals surface area (Å²) in [5.41, 5.74) is 4.14. The molecule has 5 aromatic rings. The zero-order chi connectivity index (χ0) is 22.8. The Kier molecular flexibility index (Phi) is 5.16. The number of rotatable bonds is 5. The van der Waals surface area contributed by atoms with E-state index in [0.717, 1.165) is 33.9 Å². The lowest BCUT2D eigenvalue weighted by atomic mass is 10.1. The number of H-pyrrole nitrogens is 1. The van der Waals surface area contributed by atoms with E-state index >= 15 is 0 Å². The Labute approximate surface area is 188 Å². The van der Waals surface area contributed by atoms with Crippen LogP contribution < -0.4 is 4.90 Å². The Morgan fingerprint density at radius 1 is 0.970 bits per heavy atom. The normalized spacial score (nSPS) is 10.9. The van der Waals surface area contributed by atoms with Crippen molar-refractivity contribution in [3.05, 3.63) is 96.7 Å². The monoisotopic (exact) mass is 437 g/mol. The number of hydrogen-bond donors (Lipinski definition) is 3. The second-order valence-electron chi connectivity index (χ2n) is 7.51. The molecule has 0 aliphatic carbocycles. The van der Waals surface area contributed by atoms with E-state index in [1.165, 1.54) is 18.5 Å². The van der Waals surface area contributed by atoms with Crippen molar-refractivity contribution in [2.45, 2.75) is 6.54 Å². The van der Waals surface area contributed by atoms with E-state index in [0.29, 0.717) is 5.69 Å². The smallest absolute Gasteiger partial charge is 0.262 e. The highest BCUT2D eigenvalue weighted by Crippen LogP contribution is 2.29. The lowest BCUT2D eigenvalue weighted by Crippen LogP contribution is -2.30. The van der Waals surface area contributed by atoms with E-state index in [2.05, 4.69) is 19.9 Å². The molecule has 0 saturated heterocycles. The molecule has 0 unspecified atom stereocenters. The second-order valence-corrected chi connectivity index (χ2v) is 7.51. The van der Waals surface area contributed by atoms with E-state index in [4.69, 9.17) is 0 Å². The fourth-order valence-corrected chi connectivity index (χ4v) is 3.65. The van der Waals surface area contributed by atoms with E-state index in [-0.39, 0.29) is 23.6 Å². The minimum Gasteiger partial charge on any atom is -0.508 e. The zero-order valence-corrected chi connectivity index (χ0v) is 17.4. The van der Waals surface area contributed by atoms with Gasteiger partial charge in [-0.05, 0) is 47.5 Å². The highest BCUT2D eigenvalue weighted by Gasteiger charge is 2.22. The average Bonchev–Trinajstić information content (AvgIpc) is 3.27. The lowest BCUT2D eigenvalue weighted by molar-refractivity contribution is 0.0982. The molecule has 8 nitrogen and oxygen atoms in total. The van der Waals surface area contributed by atoms with Crippen LogP contribution in [-0.4, -0.2) is 36.1 Å². The summed E-state index contributed by atoms with van der Waals surface area (Å²) in [6, 6.07) is 17.1. The average molecular weight is 437 g/mol. The highest BCUT2D eigenvalue weighted by molar-refractivity contribution is 6.08. The Hall–Kier alpha value is -4.72. The van der Waals surface area contributed by atoms with Gasteiger partial charge in [-0.25, -0.2) is 9.97 Å². The molecule has 0 saturated carbocycles. The van der Waals surface area contributed by atoms with E-state index < -0.39 is 5.91 Å². The van der Waals surface area contributed by atoms with Gasteiger partial charge in [0.1, 0.15) is 23.5 Å². The van der Waals surface area contributed by atoms with Crippen molar-refractivity contribution in [3.8, 4) is 22.8 Å². The molecule has 1 amide bonds. The van der Waals surface area contributed by atoms with Crippen LogP contribution in [0.1, 0.15) is 15.9 Å². The van der Waals surface area contributed by atoms with Gasteiger partial charge in [0.2, 0.25) is 0 Å². The van der Waals surface area contributed by atoms with Crippen molar-refractivity contribution in [3.63, 3.8) is 0 Å². The van der Waals surface area contributed by atoms with Crippen LogP contribution in [-0.2, 0) is 6.54 Å². The summed E-state index contributed by atoms with van der Waals surface area (Å²) >= 11 is 0. The maximum absolute atomic E-state index is 13.4. The molecular formula is C25H19N5O3.